The molecule has 1 fully saturated rings. The van der Waals surface area contributed by atoms with Gasteiger partial charge in [0, 0.05) is 10.9 Å². The lowest BCUT2D eigenvalue weighted by atomic mass is 9.89. The first kappa shape index (κ1) is 18.5. The zero-order valence-corrected chi connectivity index (χ0v) is 15.4. The Morgan fingerprint density at radius 3 is 2.39 bits per heavy atom. The minimum Gasteiger partial charge on any atom is -0.277 e. The number of hydrogen-bond donors (Lipinski definition) is 2. The van der Waals surface area contributed by atoms with Gasteiger partial charge in [-0.2, -0.15) is 0 Å². The van der Waals surface area contributed by atoms with E-state index in [1.54, 1.807) is 19.9 Å². The second kappa shape index (κ2) is 7.38. The van der Waals surface area contributed by atoms with Crippen molar-refractivity contribution in [1.82, 2.24) is 10.3 Å². The van der Waals surface area contributed by atoms with Crippen molar-refractivity contribution in [3.63, 3.8) is 0 Å². The van der Waals surface area contributed by atoms with E-state index in [1.165, 1.54) is 0 Å². The van der Waals surface area contributed by atoms with E-state index in [-0.39, 0.29) is 21.7 Å². The maximum atomic E-state index is 12.5. The standard InChI is InChI=1S/C15H20Cl2N2O3S/c1-9-8-12(16)10(2)14(13(9)17)23(21,22)19-18-15(20)11-6-4-3-5-7-11/h8,11,19H,3-7H2,1-2H3,(H,18,20). The number of carbonyl (C=O) groups excluding carboxylic acids is 1. The molecule has 0 saturated heterocycles. The number of sulfonamides is 1. The second-order valence-corrected chi connectivity index (χ2v) is 8.28. The van der Waals surface area contributed by atoms with Crippen LogP contribution in [0.3, 0.4) is 0 Å². The van der Waals surface area contributed by atoms with Crippen LogP contribution < -0.4 is 10.3 Å². The predicted octanol–water partition coefficient (Wildman–Crippen LogP) is 3.50. The number of halogens is 2. The van der Waals surface area contributed by atoms with Gasteiger partial charge >= 0.3 is 0 Å². The Hall–Kier alpha value is -0.820. The Bertz CT molecular complexity index is 688. The Morgan fingerprint density at radius 1 is 1.17 bits per heavy atom. The molecule has 0 aromatic heterocycles. The summed E-state index contributed by atoms with van der Waals surface area (Å²) < 4.78 is 25.0. The summed E-state index contributed by atoms with van der Waals surface area (Å²) in [6, 6.07) is 1.61. The summed E-state index contributed by atoms with van der Waals surface area (Å²) in [6.45, 7) is 3.25. The second-order valence-electron chi connectivity index (χ2n) is 5.87. The number of hydrazine groups is 1. The van der Waals surface area contributed by atoms with Crippen LogP contribution in [0.5, 0.6) is 0 Å². The van der Waals surface area contributed by atoms with Crippen molar-refractivity contribution in [3.05, 3.63) is 27.2 Å². The van der Waals surface area contributed by atoms with Crippen LogP contribution in [0.4, 0.5) is 0 Å². The Labute approximate surface area is 146 Å². The van der Waals surface area contributed by atoms with Gasteiger partial charge < -0.3 is 0 Å². The van der Waals surface area contributed by atoms with Crippen LogP contribution in [0.2, 0.25) is 10.0 Å². The van der Waals surface area contributed by atoms with Gasteiger partial charge in [-0.15, -0.1) is 4.83 Å². The van der Waals surface area contributed by atoms with Crippen LogP contribution in [0.25, 0.3) is 0 Å². The lowest BCUT2D eigenvalue weighted by molar-refractivity contribution is -0.126. The molecule has 0 bridgehead atoms. The summed E-state index contributed by atoms with van der Waals surface area (Å²) in [6.07, 6.45) is 4.66. The zero-order chi connectivity index (χ0) is 17.2. The fraction of sp³-hybridized carbons (Fsp3) is 0.533. The number of hydrogen-bond acceptors (Lipinski definition) is 3. The van der Waals surface area contributed by atoms with Gasteiger partial charge in [0.2, 0.25) is 5.91 Å². The van der Waals surface area contributed by atoms with Gasteiger partial charge in [-0.05, 0) is 43.9 Å². The molecule has 1 aliphatic rings. The fourth-order valence-corrected chi connectivity index (χ4v) is 4.83. The van der Waals surface area contributed by atoms with Gasteiger partial charge in [0.15, 0.2) is 0 Å². The van der Waals surface area contributed by atoms with Gasteiger partial charge in [-0.3, -0.25) is 10.2 Å². The topological polar surface area (TPSA) is 75.3 Å². The zero-order valence-electron chi connectivity index (χ0n) is 13.1. The highest BCUT2D eigenvalue weighted by molar-refractivity contribution is 7.89. The number of benzene rings is 1. The van der Waals surface area contributed by atoms with Crippen molar-refractivity contribution in [3.8, 4) is 0 Å². The molecule has 8 heteroatoms. The highest BCUT2D eigenvalue weighted by Gasteiger charge is 2.26. The SMILES string of the molecule is Cc1cc(Cl)c(C)c(S(=O)(=O)NNC(=O)C2CCCCC2)c1Cl. The van der Waals surface area contributed by atoms with Crippen molar-refractivity contribution >= 4 is 39.1 Å². The van der Waals surface area contributed by atoms with Crippen molar-refractivity contribution < 1.29 is 13.2 Å². The maximum Gasteiger partial charge on any atom is 0.259 e. The Balaban J connectivity index is 2.18. The lowest BCUT2D eigenvalue weighted by Crippen LogP contribution is -2.45. The van der Waals surface area contributed by atoms with Gasteiger partial charge in [0.25, 0.3) is 10.0 Å². The summed E-state index contributed by atoms with van der Waals surface area (Å²) in [5.41, 5.74) is 3.21. The van der Waals surface area contributed by atoms with Gasteiger partial charge in [-0.25, -0.2) is 8.42 Å². The molecule has 0 radical (unpaired) electrons. The number of rotatable bonds is 4. The molecule has 2 rings (SSSR count). The summed E-state index contributed by atoms with van der Waals surface area (Å²) in [4.78, 5) is 14.1. The molecule has 2 N–H and O–H groups in total. The van der Waals surface area contributed by atoms with Crippen LogP contribution in [0, 0.1) is 19.8 Å². The summed E-state index contributed by atoms with van der Waals surface area (Å²) in [5, 5.41) is 0.414. The molecule has 0 unspecified atom stereocenters. The molecule has 0 atom stereocenters. The van der Waals surface area contributed by atoms with E-state index in [9.17, 15) is 13.2 Å². The Morgan fingerprint density at radius 2 is 1.78 bits per heavy atom. The van der Waals surface area contributed by atoms with Crippen LogP contribution >= 0.6 is 23.2 Å². The first-order valence-electron chi connectivity index (χ1n) is 7.51. The van der Waals surface area contributed by atoms with Gasteiger partial charge in [0.1, 0.15) is 4.90 Å². The summed E-state index contributed by atoms with van der Waals surface area (Å²) in [5.74, 6) is -0.454. The highest BCUT2D eigenvalue weighted by Crippen LogP contribution is 2.33. The molecular weight excluding hydrogens is 359 g/mol. The molecule has 128 valence electrons. The number of nitrogens with one attached hydrogen (secondary N) is 2. The first-order chi connectivity index (χ1) is 10.7. The normalized spacial score (nSPS) is 16.3. The molecule has 0 aliphatic heterocycles. The van der Waals surface area contributed by atoms with Gasteiger partial charge in [0.05, 0.1) is 5.02 Å². The molecule has 0 heterocycles. The first-order valence-corrected chi connectivity index (χ1v) is 9.75. The van der Waals surface area contributed by atoms with Crippen LogP contribution in [-0.2, 0) is 14.8 Å². The van der Waals surface area contributed by atoms with Crippen molar-refractivity contribution in [1.29, 1.82) is 0 Å². The molecule has 1 saturated carbocycles. The van der Waals surface area contributed by atoms with Crippen LogP contribution in [-0.4, -0.2) is 14.3 Å². The van der Waals surface area contributed by atoms with E-state index >= 15 is 0 Å². The average molecular weight is 379 g/mol. The third kappa shape index (κ3) is 4.18. The third-order valence-corrected chi connectivity index (χ3v) is 6.55. The number of amides is 1. The third-order valence-electron chi connectivity index (χ3n) is 4.14. The molecule has 23 heavy (non-hydrogen) atoms. The molecule has 5 nitrogen and oxygen atoms in total. The van der Waals surface area contributed by atoms with Crippen LogP contribution in [0.1, 0.15) is 43.2 Å². The highest BCUT2D eigenvalue weighted by atomic mass is 35.5. The monoisotopic (exact) mass is 378 g/mol. The maximum absolute atomic E-state index is 12.5. The quantitative estimate of drug-likeness (QED) is 0.787. The fourth-order valence-electron chi connectivity index (χ4n) is 2.77. The molecular formula is C15H20Cl2N2O3S. The molecule has 1 amide bonds. The molecule has 1 aromatic rings. The molecule has 0 spiro atoms. The van der Waals surface area contributed by atoms with Crippen molar-refractivity contribution in [2.45, 2.75) is 50.8 Å². The van der Waals surface area contributed by atoms with Crippen LogP contribution in [0.15, 0.2) is 11.0 Å². The van der Waals surface area contributed by atoms with E-state index in [4.69, 9.17) is 23.2 Å². The number of aryl methyl sites for hydroxylation is 1. The number of carbonyl (C=O) groups is 1. The minimum absolute atomic E-state index is 0.103. The Kier molecular flexibility index (Phi) is 5.94. The smallest absolute Gasteiger partial charge is 0.259 e. The molecule has 1 aliphatic carbocycles. The van der Waals surface area contributed by atoms with Crippen molar-refractivity contribution in [2.75, 3.05) is 0 Å². The molecule has 1 aromatic carbocycles. The van der Waals surface area contributed by atoms with E-state index < -0.39 is 10.0 Å². The largest absolute Gasteiger partial charge is 0.277 e. The van der Waals surface area contributed by atoms with E-state index in [0.717, 1.165) is 32.1 Å². The summed E-state index contributed by atoms with van der Waals surface area (Å²) >= 11 is 12.2. The van der Waals surface area contributed by atoms with E-state index in [2.05, 4.69) is 10.3 Å². The predicted molar refractivity (Wildman–Crippen MR) is 91.0 cm³/mol. The minimum atomic E-state index is -4.00. The van der Waals surface area contributed by atoms with E-state index in [1.807, 2.05) is 0 Å². The average Bonchev–Trinajstić information content (AvgIpc) is 2.51. The van der Waals surface area contributed by atoms with E-state index in [0.29, 0.717) is 16.1 Å². The van der Waals surface area contributed by atoms with Crippen molar-refractivity contribution in [2.24, 2.45) is 5.92 Å². The van der Waals surface area contributed by atoms with Gasteiger partial charge in [-0.1, -0.05) is 42.5 Å². The summed E-state index contributed by atoms with van der Waals surface area (Å²) in [7, 11) is -4.00. The lowest BCUT2D eigenvalue weighted by Gasteiger charge is -2.21.